The summed E-state index contributed by atoms with van der Waals surface area (Å²) in [5.41, 5.74) is 3.21. The van der Waals surface area contributed by atoms with Crippen molar-refractivity contribution in [3.8, 4) is 5.69 Å². The van der Waals surface area contributed by atoms with Crippen molar-refractivity contribution in [2.45, 2.75) is 25.9 Å². The van der Waals surface area contributed by atoms with Gasteiger partial charge in [-0.25, -0.2) is 0 Å². The minimum atomic E-state index is 0.100. The van der Waals surface area contributed by atoms with Gasteiger partial charge in [0.05, 0.1) is 16.3 Å². The van der Waals surface area contributed by atoms with Gasteiger partial charge in [0.2, 0.25) is 5.16 Å². The fourth-order valence-electron chi connectivity index (χ4n) is 2.29. The number of hydrogen-bond acceptors (Lipinski definition) is 6. The van der Waals surface area contributed by atoms with Gasteiger partial charge in [0.1, 0.15) is 0 Å². The number of carbonyl (C=O) groups excluding carboxylic acids is 1. The first-order valence-corrected chi connectivity index (χ1v) is 8.92. The van der Waals surface area contributed by atoms with Crippen LogP contribution in [0.25, 0.3) is 5.69 Å². The van der Waals surface area contributed by atoms with Gasteiger partial charge >= 0.3 is 0 Å². The minimum Gasteiger partial charge on any atom is -0.292 e. The minimum absolute atomic E-state index is 0.100. The number of benzene rings is 1. The van der Waals surface area contributed by atoms with E-state index in [-0.39, 0.29) is 5.78 Å². The van der Waals surface area contributed by atoms with E-state index in [0.717, 1.165) is 26.6 Å². The van der Waals surface area contributed by atoms with Gasteiger partial charge in [0.15, 0.2) is 5.78 Å². The van der Waals surface area contributed by atoms with Crippen molar-refractivity contribution in [2.75, 3.05) is 5.75 Å². The maximum absolute atomic E-state index is 12.2. The third kappa shape index (κ3) is 3.68. The molecule has 5 nitrogen and oxygen atoms in total. The second-order valence-electron chi connectivity index (χ2n) is 5.34. The Balaban J connectivity index is 1.77. The Morgan fingerprint density at radius 3 is 2.57 bits per heavy atom. The van der Waals surface area contributed by atoms with Crippen LogP contribution >= 0.6 is 23.1 Å². The lowest BCUT2D eigenvalue weighted by Crippen LogP contribution is -2.04. The summed E-state index contributed by atoms with van der Waals surface area (Å²) in [5.74, 6) is 0.425. The van der Waals surface area contributed by atoms with Crippen molar-refractivity contribution in [2.24, 2.45) is 0 Å². The summed E-state index contributed by atoms with van der Waals surface area (Å²) in [6.07, 6.45) is 0. The first kappa shape index (κ1) is 15.9. The standard InChI is InChI=1S/C16H16N4OS2/c1-10-6-11(2)8-13(7-10)20-16(17-18-19-20)22-9-14(21)15-5-4-12(3)23-15/h4-8H,9H2,1-3H3. The normalized spacial score (nSPS) is 10.9. The first-order chi connectivity index (χ1) is 11.0. The number of hydrogen-bond donors (Lipinski definition) is 0. The monoisotopic (exact) mass is 344 g/mol. The lowest BCUT2D eigenvalue weighted by atomic mass is 10.1. The van der Waals surface area contributed by atoms with Crippen LogP contribution in [0, 0.1) is 20.8 Å². The van der Waals surface area contributed by atoms with Gasteiger partial charge in [-0.1, -0.05) is 17.8 Å². The second kappa shape index (κ2) is 6.64. The zero-order valence-electron chi connectivity index (χ0n) is 13.1. The van der Waals surface area contributed by atoms with Crippen molar-refractivity contribution < 1.29 is 4.79 Å². The average Bonchev–Trinajstić information content (AvgIpc) is 3.12. The van der Waals surface area contributed by atoms with Crippen LogP contribution in [0.5, 0.6) is 0 Å². The van der Waals surface area contributed by atoms with E-state index in [1.165, 1.54) is 23.1 Å². The SMILES string of the molecule is Cc1cc(C)cc(-n2nnnc2SCC(=O)c2ccc(C)s2)c1. The molecule has 2 heterocycles. The number of thioether (sulfide) groups is 1. The summed E-state index contributed by atoms with van der Waals surface area (Å²) >= 11 is 2.87. The van der Waals surface area contributed by atoms with Crippen molar-refractivity contribution in [3.63, 3.8) is 0 Å². The van der Waals surface area contributed by atoms with Gasteiger partial charge in [-0.3, -0.25) is 4.79 Å². The fourth-order valence-corrected chi connectivity index (χ4v) is 3.96. The molecule has 23 heavy (non-hydrogen) atoms. The molecule has 0 N–H and O–H groups in total. The molecule has 0 saturated heterocycles. The summed E-state index contributed by atoms with van der Waals surface area (Å²) in [4.78, 5) is 14.1. The molecule has 0 aliphatic carbocycles. The Hall–Kier alpha value is -1.99. The van der Waals surface area contributed by atoms with Crippen LogP contribution in [-0.4, -0.2) is 31.7 Å². The van der Waals surface area contributed by atoms with Gasteiger partial charge in [-0.2, -0.15) is 4.68 Å². The van der Waals surface area contributed by atoms with E-state index in [9.17, 15) is 4.79 Å². The number of nitrogens with zero attached hydrogens (tertiary/aromatic N) is 4. The predicted molar refractivity (Wildman–Crippen MR) is 92.7 cm³/mol. The molecule has 1 aromatic carbocycles. The van der Waals surface area contributed by atoms with E-state index in [0.29, 0.717) is 10.9 Å². The molecule has 0 saturated carbocycles. The van der Waals surface area contributed by atoms with E-state index in [2.05, 4.69) is 21.6 Å². The molecule has 0 unspecified atom stereocenters. The average molecular weight is 344 g/mol. The van der Waals surface area contributed by atoms with Gasteiger partial charge in [0.25, 0.3) is 0 Å². The number of rotatable bonds is 5. The molecular formula is C16H16N4OS2. The van der Waals surface area contributed by atoms with Crippen LogP contribution in [0.3, 0.4) is 0 Å². The zero-order valence-corrected chi connectivity index (χ0v) is 14.7. The molecule has 3 rings (SSSR count). The lowest BCUT2D eigenvalue weighted by Gasteiger charge is -2.06. The van der Waals surface area contributed by atoms with Crippen molar-refractivity contribution in [3.05, 3.63) is 51.2 Å². The number of aryl methyl sites for hydroxylation is 3. The Morgan fingerprint density at radius 2 is 1.91 bits per heavy atom. The van der Waals surface area contributed by atoms with Gasteiger partial charge in [-0.05, 0) is 66.6 Å². The highest BCUT2D eigenvalue weighted by Crippen LogP contribution is 2.23. The van der Waals surface area contributed by atoms with Crippen molar-refractivity contribution >= 4 is 28.9 Å². The number of tetrazole rings is 1. The topological polar surface area (TPSA) is 60.7 Å². The number of Topliss-reactive ketones (excluding diaryl/α,β-unsaturated/α-hetero) is 1. The molecule has 7 heteroatoms. The molecule has 0 radical (unpaired) electrons. The second-order valence-corrected chi connectivity index (χ2v) is 7.57. The maximum atomic E-state index is 12.2. The Bertz CT molecular complexity index is 833. The van der Waals surface area contributed by atoms with Gasteiger partial charge in [-0.15, -0.1) is 16.4 Å². The van der Waals surface area contributed by atoms with Crippen LogP contribution in [0.15, 0.2) is 35.5 Å². The van der Waals surface area contributed by atoms with E-state index >= 15 is 0 Å². The van der Waals surface area contributed by atoms with Crippen molar-refractivity contribution in [1.82, 2.24) is 20.2 Å². The summed E-state index contributed by atoms with van der Waals surface area (Å²) < 4.78 is 1.68. The molecule has 118 valence electrons. The Kier molecular flexibility index (Phi) is 4.58. The Morgan fingerprint density at radius 1 is 1.17 bits per heavy atom. The van der Waals surface area contributed by atoms with Gasteiger partial charge in [0, 0.05) is 4.88 Å². The number of thiophene rings is 1. The summed E-state index contributed by atoms with van der Waals surface area (Å²) in [6, 6.07) is 9.98. The molecule has 3 aromatic rings. The largest absolute Gasteiger partial charge is 0.292 e. The van der Waals surface area contributed by atoms with E-state index in [4.69, 9.17) is 0 Å². The van der Waals surface area contributed by atoms with Gasteiger partial charge < -0.3 is 0 Å². The number of aromatic nitrogens is 4. The molecule has 0 aliphatic heterocycles. The van der Waals surface area contributed by atoms with E-state index in [1.54, 1.807) is 4.68 Å². The fraction of sp³-hybridized carbons (Fsp3) is 0.250. The van der Waals surface area contributed by atoms with E-state index < -0.39 is 0 Å². The van der Waals surface area contributed by atoms with Crippen LogP contribution in [0.4, 0.5) is 0 Å². The molecule has 0 amide bonds. The summed E-state index contributed by atoms with van der Waals surface area (Å²) in [5, 5.41) is 12.5. The molecule has 0 bridgehead atoms. The molecular weight excluding hydrogens is 328 g/mol. The predicted octanol–water partition coefficient (Wildman–Crippen LogP) is 3.62. The molecule has 0 atom stereocenters. The highest BCUT2D eigenvalue weighted by Gasteiger charge is 2.14. The zero-order chi connectivity index (χ0) is 16.4. The number of carbonyl (C=O) groups is 1. The molecule has 0 aliphatic rings. The lowest BCUT2D eigenvalue weighted by molar-refractivity contribution is 0.102. The molecule has 2 aromatic heterocycles. The smallest absolute Gasteiger partial charge is 0.214 e. The highest BCUT2D eigenvalue weighted by molar-refractivity contribution is 7.99. The highest BCUT2D eigenvalue weighted by atomic mass is 32.2. The summed E-state index contributed by atoms with van der Waals surface area (Å²) in [7, 11) is 0. The third-order valence-corrected chi connectivity index (χ3v) is 5.20. The van der Waals surface area contributed by atoms with Crippen LogP contribution in [0.2, 0.25) is 0 Å². The summed E-state index contributed by atoms with van der Waals surface area (Å²) in [6.45, 7) is 6.07. The first-order valence-electron chi connectivity index (χ1n) is 7.12. The number of ketones is 1. The van der Waals surface area contributed by atoms with Crippen molar-refractivity contribution in [1.29, 1.82) is 0 Å². The Labute approximate surface area is 142 Å². The van der Waals surface area contributed by atoms with Crippen LogP contribution in [0.1, 0.15) is 25.7 Å². The quantitative estimate of drug-likeness (QED) is 0.522. The molecule has 0 spiro atoms. The third-order valence-electron chi connectivity index (χ3n) is 3.24. The molecule has 0 fully saturated rings. The van der Waals surface area contributed by atoms with Crippen LogP contribution in [-0.2, 0) is 0 Å². The maximum Gasteiger partial charge on any atom is 0.214 e. The van der Waals surface area contributed by atoms with E-state index in [1.807, 2.05) is 45.0 Å². The van der Waals surface area contributed by atoms with Crippen LogP contribution < -0.4 is 0 Å².